The maximum absolute atomic E-state index is 11.5. The summed E-state index contributed by atoms with van der Waals surface area (Å²) in [4.78, 5) is 11.5. The third kappa shape index (κ3) is 5.67. The summed E-state index contributed by atoms with van der Waals surface area (Å²) in [5, 5.41) is 0. The maximum atomic E-state index is 11.5. The maximum Gasteiger partial charge on any atom is 0.159 e. The molecule has 1 fully saturated rings. The molecule has 1 nitrogen and oxygen atoms in total. The second-order valence-corrected chi connectivity index (χ2v) is 8.38. The molecule has 0 bridgehead atoms. The number of ketones is 1. The fourth-order valence-corrected chi connectivity index (χ4v) is 4.50. The summed E-state index contributed by atoms with van der Waals surface area (Å²) in [5.41, 5.74) is 5.00. The summed E-state index contributed by atoms with van der Waals surface area (Å²) in [7, 11) is 0. The van der Waals surface area contributed by atoms with Crippen molar-refractivity contribution in [3.8, 4) is 11.1 Å². The van der Waals surface area contributed by atoms with E-state index in [0.29, 0.717) is 6.42 Å². The molecule has 0 spiro atoms. The normalized spacial score (nSPS) is 19.3. The lowest BCUT2D eigenvalue weighted by Gasteiger charge is -2.29. The lowest BCUT2D eigenvalue weighted by molar-refractivity contribution is -0.114. The van der Waals surface area contributed by atoms with Crippen LogP contribution >= 0.6 is 0 Å². The third-order valence-corrected chi connectivity index (χ3v) is 6.34. The van der Waals surface area contributed by atoms with Crippen molar-refractivity contribution in [3.05, 3.63) is 72.3 Å². The molecule has 1 aliphatic carbocycles. The summed E-state index contributed by atoms with van der Waals surface area (Å²) < 4.78 is 0. The van der Waals surface area contributed by atoms with Gasteiger partial charge in [-0.15, -0.1) is 0 Å². The summed E-state index contributed by atoms with van der Waals surface area (Å²) in [6.45, 7) is 5.83. The van der Waals surface area contributed by atoms with Crippen LogP contribution in [0.3, 0.4) is 0 Å². The Labute approximate surface area is 170 Å². The van der Waals surface area contributed by atoms with Crippen molar-refractivity contribution in [1.82, 2.24) is 0 Å². The summed E-state index contributed by atoms with van der Waals surface area (Å²) in [5.74, 6) is 1.77. The SMILES string of the molecule is C=CC(=O)Cc1ccc(-c2ccc(C3CCC(CCCCC)CC3)cc2)cc1. The van der Waals surface area contributed by atoms with Crippen molar-refractivity contribution in [2.45, 2.75) is 70.6 Å². The first-order valence-electron chi connectivity index (χ1n) is 11.0. The minimum atomic E-state index is 0.0668. The standard InChI is InChI=1S/C27H34O/c1-3-5-6-7-21-8-12-23(13-9-21)25-16-18-26(19-17-25)24-14-10-22(11-15-24)20-27(28)4-2/h4,10-11,14-19,21,23H,2-3,5-9,12-13,20H2,1H3. The van der Waals surface area contributed by atoms with Crippen LogP contribution in [0.1, 0.15) is 75.3 Å². The van der Waals surface area contributed by atoms with E-state index in [9.17, 15) is 4.79 Å². The molecule has 0 atom stereocenters. The van der Waals surface area contributed by atoms with Gasteiger partial charge in [-0.2, -0.15) is 0 Å². The molecule has 2 aromatic rings. The number of benzene rings is 2. The molecule has 1 aliphatic rings. The van der Waals surface area contributed by atoms with Crippen LogP contribution in [-0.4, -0.2) is 5.78 Å². The lowest BCUT2D eigenvalue weighted by Crippen LogP contribution is -2.13. The van der Waals surface area contributed by atoms with Crippen LogP contribution in [0.25, 0.3) is 11.1 Å². The molecule has 1 heteroatoms. The van der Waals surface area contributed by atoms with Gasteiger partial charge >= 0.3 is 0 Å². The smallest absolute Gasteiger partial charge is 0.159 e. The Balaban J connectivity index is 1.55. The average molecular weight is 375 g/mol. The van der Waals surface area contributed by atoms with Crippen LogP contribution in [0.2, 0.25) is 0 Å². The first-order valence-corrected chi connectivity index (χ1v) is 11.0. The molecule has 28 heavy (non-hydrogen) atoms. The van der Waals surface area contributed by atoms with Gasteiger partial charge in [0.05, 0.1) is 0 Å². The number of unbranched alkanes of at least 4 members (excludes halogenated alkanes) is 2. The Morgan fingerprint density at radius 3 is 2.11 bits per heavy atom. The van der Waals surface area contributed by atoms with Gasteiger partial charge in [0, 0.05) is 6.42 Å². The minimum absolute atomic E-state index is 0.0668. The van der Waals surface area contributed by atoms with E-state index in [1.54, 1.807) is 0 Å². The fourth-order valence-electron chi connectivity index (χ4n) is 4.50. The van der Waals surface area contributed by atoms with Gasteiger partial charge < -0.3 is 0 Å². The average Bonchev–Trinajstić information content (AvgIpc) is 2.75. The molecule has 0 aromatic heterocycles. The largest absolute Gasteiger partial charge is 0.295 e. The van der Waals surface area contributed by atoms with Crippen LogP contribution in [0.5, 0.6) is 0 Å². The van der Waals surface area contributed by atoms with E-state index in [2.05, 4.69) is 49.9 Å². The molecule has 1 saturated carbocycles. The van der Waals surface area contributed by atoms with Gasteiger partial charge in [-0.25, -0.2) is 0 Å². The summed E-state index contributed by atoms with van der Waals surface area (Å²) >= 11 is 0. The molecule has 3 rings (SSSR count). The highest BCUT2D eigenvalue weighted by atomic mass is 16.1. The van der Waals surface area contributed by atoms with Crippen LogP contribution in [0.4, 0.5) is 0 Å². The van der Waals surface area contributed by atoms with Crippen molar-refractivity contribution in [1.29, 1.82) is 0 Å². The van der Waals surface area contributed by atoms with Crippen molar-refractivity contribution in [2.75, 3.05) is 0 Å². The van der Waals surface area contributed by atoms with E-state index in [0.717, 1.165) is 17.4 Å². The van der Waals surface area contributed by atoms with Crippen molar-refractivity contribution >= 4 is 5.78 Å². The predicted octanol–water partition coefficient (Wildman–Crippen LogP) is 7.51. The van der Waals surface area contributed by atoms with Crippen molar-refractivity contribution < 1.29 is 4.79 Å². The topological polar surface area (TPSA) is 17.1 Å². The van der Waals surface area contributed by atoms with Crippen molar-refractivity contribution in [2.24, 2.45) is 5.92 Å². The second-order valence-electron chi connectivity index (χ2n) is 8.38. The highest BCUT2D eigenvalue weighted by Gasteiger charge is 2.22. The lowest BCUT2D eigenvalue weighted by atomic mass is 9.77. The number of carbonyl (C=O) groups is 1. The number of allylic oxidation sites excluding steroid dienone is 1. The van der Waals surface area contributed by atoms with Gasteiger partial charge in [-0.3, -0.25) is 4.79 Å². The van der Waals surface area contributed by atoms with E-state index in [1.165, 1.54) is 74.1 Å². The Bertz CT molecular complexity index is 746. The zero-order chi connectivity index (χ0) is 19.8. The first kappa shape index (κ1) is 20.6. The van der Waals surface area contributed by atoms with Crippen molar-refractivity contribution in [3.63, 3.8) is 0 Å². The monoisotopic (exact) mass is 374 g/mol. The Morgan fingerprint density at radius 1 is 0.929 bits per heavy atom. The summed E-state index contributed by atoms with van der Waals surface area (Å²) in [6.07, 6.45) is 12.9. The molecule has 0 heterocycles. The number of hydrogen-bond donors (Lipinski definition) is 0. The van der Waals surface area contributed by atoms with E-state index in [-0.39, 0.29) is 5.78 Å². The highest BCUT2D eigenvalue weighted by Crippen LogP contribution is 2.38. The predicted molar refractivity (Wildman–Crippen MR) is 120 cm³/mol. The minimum Gasteiger partial charge on any atom is -0.295 e. The third-order valence-electron chi connectivity index (χ3n) is 6.34. The van der Waals surface area contributed by atoms with Crippen LogP contribution in [-0.2, 0) is 11.2 Å². The highest BCUT2D eigenvalue weighted by molar-refractivity contribution is 5.90. The number of rotatable bonds is 9. The molecular weight excluding hydrogens is 340 g/mol. The quantitative estimate of drug-likeness (QED) is 0.328. The van der Waals surface area contributed by atoms with Crippen LogP contribution in [0, 0.1) is 5.92 Å². The van der Waals surface area contributed by atoms with E-state index < -0.39 is 0 Å². The Kier molecular flexibility index (Phi) is 7.65. The summed E-state index contributed by atoms with van der Waals surface area (Å²) in [6, 6.07) is 17.5. The van der Waals surface area contributed by atoms with E-state index in [1.807, 2.05) is 12.1 Å². The Morgan fingerprint density at radius 2 is 1.54 bits per heavy atom. The van der Waals surface area contributed by atoms with Crippen LogP contribution < -0.4 is 0 Å². The fraction of sp³-hybridized carbons (Fsp3) is 0.444. The first-order chi connectivity index (χ1) is 13.7. The zero-order valence-electron chi connectivity index (χ0n) is 17.3. The molecule has 0 saturated heterocycles. The second kappa shape index (κ2) is 10.4. The van der Waals surface area contributed by atoms with E-state index >= 15 is 0 Å². The molecule has 0 N–H and O–H groups in total. The van der Waals surface area contributed by atoms with Gasteiger partial charge in [-0.05, 0) is 65.8 Å². The van der Waals surface area contributed by atoms with Gasteiger partial charge in [0.1, 0.15) is 0 Å². The van der Waals surface area contributed by atoms with Crippen LogP contribution in [0.15, 0.2) is 61.2 Å². The molecule has 148 valence electrons. The molecule has 2 aromatic carbocycles. The van der Waals surface area contributed by atoms with Gasteiger partial charge in [-0.1, -0.05) is 87.7 Å². The number of hydrogen-bond acceptors (Lipinski definition) is 1. The molecular formula is C27H34O. The zero-order valence-corrected chi connectivity index (χ0v) is 17.3. The molecule has 0 radical (unpaired) electrons. The number of carbonyl (C=O) groups excluding carboxylic acids is 1. The molecule has 0 unspecified atom stereocenters. The van der Waals surface area contributed by atoms with Gasteiger partial charge in [0.2, 0.25) is 0 Å². The van der Waals surface area contributed by atoms with Gasteiger partial charge in [0.15, 0.2) is 5.78 Å². The Hall–Kier alpha value is -2.15. The van der Waals surface area contributed by atoms with E-state index in [4.69, 9.17) is 0 Å². The molecule has 0 aliphatic heterocycles. The molecule has 0 amide bonds. The van der Waals surface area contributed by atoms with Gasteiger partial charge in [0.25, 0.3) is 0 Å².